The van der Waals surface area contributed by atoms with Crippen LogP contribution in [0.4, 0.5) is 0 Å². The lowest BCUT2D eigenvalue weighted by Crippen LogP contribution is -1.83. The first kappa shape index (κ1) is 10.6. The second-order valence-corrected chi connectivity index (χ2v) is 5.14. The second-order valence-electron chi connectivity index (χ2n) is 4.05. The molecule has 0 bridgehead atoms. The number of rotatable bonds is 3. The Kier molecular flexibility index (Phi) is 2.73. The number of hydrogen-bond acceptors (Lipinski definition) is 4. The predicted octanol–water partition coefficient (Wildman–Crippen LogP) is 3.58. The first-order chi connectivity index (χ1) is 8.38. The molecule has 0 fully saturated rings. The number of pyridine rings is 2. The summed E-state index contributed by atoms with van der Waals surface area (Å²) < 4.78 is 1.17. The highest BCUT2D eigenvalue weighted by Gasteiger charge is 2.08. The van der Waals surface area contributed by atoms with Gasteiger partial charge in [0.2, 0.25) is 0 Å². The molecule has 0 aliphatic heterocycles. The summed E-state index contributed by atoms with van der Waals surface area (Å²) in [5.41, 5.74) is 2.91. The Bertz CT molecular complexity index is 660. The van der Waals surface area contributed by atoms with E-state index in [1.807, 2.05) is 24.5 Å². The maximum atomic E-state index is 4.62. The molecule has 0 aromatic carbocycles. The largest absolute Gasteiger partial charge is 0.253 e. The van der Waals surface area contributed by atoms with E-state index in [0.717, 1.165) is 23.0 Å². The number of aryl methyl sites for hydroxylation is 1. The molecule has 0 atom stereocenters. The third-order valence-electron chi connectivity index (χ3n) is 2.77. The summed E-state index contributed by atoms with van der Waals surface area (Å²) in [5.74, 6) is 0. The molecular formula is C13H13N3S. The molecule has 0 spiro atoms. The van der Waals surface area contributed by atoms with Crippen LogP contribution < -0.4 is 0 Å². The lowest BCUT2D eigenvalue weighted by atomic mass is 10.3. The number of unbranched alkanes of at least 4 members (excludes halogenated alkanes) is 1. The SMILES string of the molecule is CCCCc1nc2cnc3cccnc3c2s1. The van der Waals surface area contributed by atoms with E-state index in [2.05, 4.69) is 21.9 Å². The molecule has 0 N–H and O–H groups in total. The molecule has 3 aromatic heterocycles. The highest BCUT2D eigenvalue weighted by atomic mass is 32.1. The Hall–Kier alpha value is -1.55. The van der Waals surface area contributed by atoms with E-state index in [-0.39, 0.29) is 0 Å². The summed E-state index contributed by atoms with van der Waals surface area (Å²) in [4.78, 5) is 13.4. The van der Waals surface area contributed by atoms with Gasteiger partial charge in [-0.05, 0) is 25.0 Å². The van der Waals surface area contributed by atoms with Crippen LogP contribution in [-0.4, -0.2) is 15.0 Å². The minimum atomic E-state index is 0.950. The van der Waals surface area contributed by atoms with Crippen molar-refractivity contribution < 1.29 is 0 Å². The molecule has 17 heavy (non-hydrogen) atoms. The third-order valence-corrected chi connectivity index (χ3v) is 3.91. The highest BCUT2D eigenvalue weighted by Crippen LogP contribution is 2.28. The van der Waals surface area contributed by atoms with Crippen LogP contribution in [0.1, 0.15) is 24.8 Å². The molecule has 0 saturated heterocycles. The van der Waals surface area contributed by atoms with E-state index in [4.69, 9.17) is 0 Å². The maximum Gasteiger partial charge on any atom is 0.108 e. The summed E-state index contributed by atoms with van der Waals surface area (Å²) in [6.07, 6.45) is 7.12. The quantitative estimate of drug-likeness (QED) is 0.705. The predicted molar refractivity (Wildman–Crippen MR) is 71.3 cm³/mol. The van der Waals surface area contributed by atoms with Crippen molar-refractivity contribution in [2.45, 2.75) is 26.2 Å². The standard InChI is InChI=1S/C13H13N3S/c1-2-3-6-11-16-10-8-15-9-5-4-7-14-12(9)13(10)17-11/h4-5,7-8H,2-3,6H2,1H3. The molecule has 3 aromatic rings. The van der Waals surface area contributed by atoms with Crippen LogP contribution in [0.25, 0.3) is 21.3 Å². The van der Waals surface area contributed by atoms with Gasteiger partial charge in [0.25, 0.3) is 0 Å². The zero-order valence-electron chi connectivity index (χ0n) is 9.68. The molecule has 86 valence electrons. The number of fused-ring (bicyclic) bond motifs is 3. The number of nitrogens with zero attached hydrogens (tertiary/aromatic N) is 3. The van der Waals surface area contributed by atoms with Crippen molar-refractivity contribution in [1.29, 1.82) is 0 Å². The van der Waals surface area contributed by atoms with Crippen LogP contribution in [0, 0.1) is 0 Å². The fourth-order valence-corrected chi connectivity index (χ4v) is 2.96. The van der Waals surface area contributed by atoms with E-state index in [1.165, 1.54) is 22.5 Å². The number of hydrogen-bond donors (Lipinski definition) is 0. The van der Waals surface area contributed by atoms with Gasteiger partial charge in [-0.15, -0.1) is 11.3 Å². The fraction of sp³-hybridized carbons (Fsp3) is 0.308. The Balaban J connectivity index is 2.17. The van der Waals surface area contributed by atoms with E-state index >= 15 is 0 Å². The molecule has 4 heteroatoms. The molecule has 0 aliphatic carbocycles. The summed E-state index contributed by atoms with van der Waals surface area (Å²) in [7, 11) is 0. The van der Waals surface area contributed by atoms with E-state index < -0.39 is 0 Å². The van der Waals surface area contributed by atoms with Gasteiger partial charge in [-0.1, -0.05) is 13.3 Å². The molecule has 3 rings (SSSR count). The van der Waals surface area contributed by atoms with Gasteiger partial charge >= 0.3 is 0 Å². The van der Waals surface area contributed by atoms with Crippen molar-refractivity contribution in [1.82, 2.24) is 15.0 Å². The van der Waals surface area contributed by atoms with E-state index in [1.54, 1.807) is 11.3 Å². The van der Waals surface area contributed by atoms with E-state index in [0.29, 0.717) is 0 Å². The van der Waals surface area contributed by atoms with Crippen molar-refractivity contribution in [3.05, 3.63) is 29.5 Å². The van der Waals surface area contributed by atoms with Gasteiger partial charge in [0.15, 0.2) is 0 Å². The molecule has 3 nitrogen and oxygen atoms in total. The van der Waals surface area contributed by atoms with Gasteiger partial charge < -0.3 is 0 Å². The van der Waals surface area contributed by atoms with Crippen molar-refractivity contribution in [2.75, 3.05) is 0 Å². The summed E-state index contributed by atoms with van der Waals surface area (Å²) >= 11 is 1.75. The second kappa shape index (κ2) is 4.37. The maximum absolute atomic E-state index is 4.62. The monoisotopic (exact) mass is 243 g/mol. The van der Waals surface area contributed by atoms with Crippen LogP contribution in [0.2, 0.25) is 0 Å². The molecular weight excluding hydrogens is 230 g/mol. The van der Waals surface area contributed by atoms with Gasteiger partial charge in [0.05, 0.1) is 21.4 Å². The smallest absolute Gasteiger partial charge is 0.108 e. The number of thiazole rings is 1. The fourth-order valence-electron chi connectivity index (χ4n) is 1.88. The Morgan fingerprint density at radius 2 is 2.18 bits per heavy atom. The summed E-state index contributed by atoms with van der Waals surface area (Å²) in [6, 6.07) is 3.91. The highest BCUT2D eigenvalue weighted by molar-refractivity contribution is 7.19. The average Bonchev–Trinajstić information content (AvgIpc) is 2.79. The lowest BCUT2D eigenvalue weighted by Gasteiger charge is -1.94. The lowest BCUT2D eigenvalue weighted by molar-refractivity contribution is 0.791. The van der Waals surface area contributed by atoms with Crippen LogP contribution in [0.3, 0.4) is 0 Å². The van der Waals surface area contributed by atoms with Crippen LogP contribution in [0.5, 0.6) is 0 Å². The van der Waals surface area contributed by atoms with Crippen LogP contribution >= 0.6 is 11.3 Å². The average molecular weight is 243 g/mol. The van der Waals surface area contributed by atoms with Gasteiger partial charge in [-0.25, -0.2) is 4.98 Å². The molecule has 0 radical (unpaired) electrons. The minimum absolute atomic E-state index is 0.950. The van der Waals surface area contributed by atoms with Crippen molar-refractivity contribution in [3.63, 3.8) is 0 Å². The molecule has 0 amide bonds. The normalized spacial score (nSPS) is 11.4. The zero-order chi connectivity index (χ0) is 11.7. The molecule has 0 unspecified atom stereocenters. The molecule has 3 heterocycles. The summed E-state index contributed by atoms with van der Waals surface area (Å²) in [5, 5.41) is 1.20. The van der Waals surface area contributed by atoms with Crippen LogP contribution in [0.15, 0.2) is 24.5 Å². The minimum Gasteiger partial charge on any atom is -0.253 e. The topological polar surface area (TPSA) is 38.7 Å². The van der Waals surface area contributed by atoms with Crippen molar-refractivity contribution in [3.8, 4) is 0 Å². The third kappa shape index (κ3) is 1.89. The Morgan fingerprint density at radius 3 is 3.06 bits per heavy atom. The summed E-state index contributed by atoms with van der Waals surface area (Å²) in [6.45, 7) is 2.20. The Labute approximate surface area is 104 Å². The van der Waals surface area contributed by atoms with Gasteiger partial charge in [-0.2, -0.15) is 0 Å². The number of aromatic nitrogens is 3. The van der Waals surface area contributed by atoms with Gasteiger partial charge in [-0.3, -0.25) is 9.97 Å². The Morgan fingerprint density at radius 1 is 1.24 bits per heavy atom. The van der Waals surface area contributed by atoms with Crippen molar-refractivity contribution >= 4 is 32.6 Å². The first-order valence-electron chi connectivity index (χ1n) is 5.87. The molecule has 0 saturated carbocycles. The zero-order valence-corrected chi connectivity index (χ0v) is 10.5. The first-order valence-corrected chi connectivity index (χ1v) is 6.69. The van der Waals surface area contributed by atoms with Gasteiger partial charge in [0.1, 0.15) is 11.0 Å². The van der Waals surface area contributed by atoms with Crippen molar-refractivity contribution in [2.24, 2.45) is 0 Å². The van der Waals surface area contributed by atoms with Crippen LogP contribution in [-0.2, 0) is 6.42 Å². The van der Waals surface area contributed by atoms with E-state index in [9.17, 15) is 0 Å². The molecule has 0 aliphatic rings. The van der Waals surface area contributed by atoms with Gasteiger partial charge in [0, 0.05) is 6.20 Å².